The summed E-state index contributed by atoms with van der Waals surface area (Å²) in [6, 6.07) is 9.83. The van der Waals surface area contributed by atoms with Crippen molar-refractivity contribution in [3.05, 3.63) is 64.2 Å². The first-order valence-electron chi connectivity index (χ1n) is 7.33. The van der Waals surface area contributed by atoms with Crippen molar-refractivity contribution in [3.8, 4) is 0 Å². The zero-order valence-corrected chi connectivity index (χ0v) is 18.6. The van der Waals surface area contributed by atoms with Crippen LogP contribution in [0, 0.1) is 0 Å². The number of aliphatic carboxylic acids is 2. The van der Waals surface area contributed by atoms with Crippen molar-refractivity contribution in [1.82, 2.24) is 0 Å². The number of carboxylic acid groups (broad SMARTS) is 2. The van der Waals surface area contributed by atoms with Crippen LogP contribution >= 0.6 is 0 Å². The molecule has 0 unspecified atom stereocenters. The molecule has 0 N–H and O–H groups in total. The van der Waals surface area contributed by atoms with Gasteiger partial charge in [0.1, 0.15) is 0 Å². The number of rotatable bonds is 4. The second kappa shape index (κ2) is 9.17. The fourth-order valence-electron chi connectivity index (χ4n) is 3.14. The third-order valence-electron chi connectivity index (χ3n) is 4.19. The second-order valence-corrected chi connectivity index (χ2v) is 5.65. The van der Waals surface area contributed by atoms with Crippen molar-refractivity contribution in [2.75, 3.05) is 0 Å². The summed E-state index contributed by atoms with van der Waals surface area (Å²) in [5, 5.41) is 24.2. The number of hydrogen-bond acceptors (Lipinski definition) is 4. The Morgan fingerprint density at radius 3 is 2.24 bits per heavy atom. The molecule has 0 bridgehead atoms. The van der Waals surface area contributed by atoms with Gasteiger partial charge in [-0.05, 0) is 65.0 Å². The van der Waals surface area contributed by atoms with Crippen molar-refractivity contribution in [1.29, 1.82) is 0 Å². The average Bonchev–Trinajstić information content (AvgIpc) is 2.90. The Kier molecular flexibility index (Phi) is 8.13. The molecule has 0 aliphatic heterocycles. The Labute approximate surface area is 190 Å². The molecule has 25 heavy (non-hydrogen) atoms. The maximum absolute atomic E-state index is 11.4. The van der Waals surface area contributed by atoms with Gasteiger partial charge < -0.3 is 19.8 Å². The number of carbonyl (C=O) groups excluding carboxylic acids is 2. The number of carbonyl (C=O) groups is 2. The summed E-state index contributed by atoms with van der Waals surface area (Å²) in [5.74, 6) is -2.85. The molecule has 0 radical (unpaired) electrons. The Bertz CT molecular complexity index is 887. The van der Waals surface area contributed by atoms with Gasteiger partial charge in [-0.15, -0.1) is 0 Å². The summed E-state index contributed by atoms with van der Waals surface area (Å²) >= 11 is 0. The summed E-state index contributed by atoms with van der Waals surface area (Å²) in [4.78, 5) is 22.0. The Hall–Kier alpha value is -0.880. The fraction of sp³-hybridized carbons (Fsp3) is 0.158. The normalized spacial score (nSPS) is 13.2. The van der Waals surface area contributed by atoms with Crippen molar-refractivity contribution in [3.63, 3.8) is 0 Å². The van der Waals surface area contributed by atoms with E-state index in [0.717, 1.165) is 29.9 Å². The molecule has 0 saturated heterocycles. The Morgan fingerprint density at radius 2 is 1.64 bits per heavy atom. The molecule has 2 aromatic carbocycles. The van der Waals surface area contributed by atoms with Crippen LogP contribution in [0.4, 0.5) is 0 Å². The molecule has 0 heterocycles. The van der Waals surface area contributed by atoms with Crippen molar-refractivity contribution in [2.45, 2.75) is 19.8 Å². The number of aryl methyl sites for hydroxylation is 2. The molecular weight excluding hydrogens is 338 g/mol. The van der Waals surface area contributed by atoms with Crippen LogP contribution in [0.1, 0.15) is 23.6 Å². The molecule has 0 atom stereocenters. The molecule has 116 valence electrons. The summed E-state index contributed by atoms with van der Waals surface area (Å²) < 4.78 is 0. The maximum atomic E-state index is 11.4. The van der Waals surface area contributed by atoms with Gasteiger partial charge in [-0.1, -0.05) is 30.3 Å². The van der Waals surface area contributed by atoms with Gasteiger partial charge in [-0.2, -0.15) is 0 Å². The van der Waals surface area contributed by atoms with E-state index in [-0.39, 0.29) is 70.3 Å². The number of hydrogen-bond donors (Lipinski definition) is 0. The van der Waals surface area contributed by atoms with E-state index in [1.54, 1.807) is 0 Å². The molecule has 2 aromatic rings. The van der Waals surface area contributed by atoms with Crippen LogP contribution < -0.4 is 69.3 Å². The van der Waals surface area contributed by atoms with Crippen molar-refractivity contribution >= 4 is 28.8 Å². The van der Waals surface area contributed by atoms with Crippen LogP contribution in [0.15, 0.2) is 47.6 Å². The first-order chi connectivity index (χ1) is 11.0. The molecule has 0 amide bonds. The number of carboxylic acids is 2. The van der Waals surface area contributed by atoms with Gasteiger partial charge in [0, 0.05) is 5.57 Å². The molecule has 0 saturated carbocycles. The van der Waals surface area contributed by atoms with Crippen LogP contribution in [0.2, 0.25) is 0 Å². The molecule has 6 heteroatoms. The quantitative estimate of drug-likeness (QED) is 0.313. The fourth-order valence-corrected chi connectivity index (χ4v) is 3.14. The van der Waals surface area contributed by atoms with Crippen LogP contribution in [-0.4, -0.2) is 11.9 Å². The van der Waals surface area contributed by atoms with Gasteiger partial charge in [0.05, 0.1) is 11.9 Å². The van der Waals surface area contributed by atoms with E-state index < -0.39 is 11.9 Å². The zero-order chi connectivity index (χ0) is 16.6. The van der Waals surface area contributed by atoms with Gasteiger partial charge in [-0.3, -0.25) is 0 Å². The smallest absolute Gasteiger partial charge is 0.545 e. The Morgan fingerprint density at radius 1 is 1.00 bits per heavy atom. The van der Waals surface area contributed by atoms with E-state index in [0.29, 0.717) is 0 Å². The monoisotopic (exact) mass is 352 g/mol. The molecule has 1 aliphatic rings. The third kappa shape index (κ3) is 4.64. The zero-order valence-electron chi connectivity index (χ0n) is 14.6. The molecular formula is C19H14Na2O4. The van der Waals surface area contributed by atoms with E-state index >= 15 is 0 Å². The summed E-state index contributed by atoms with van der Waals surface area (Å²) in [7, 11) is 0. The van der Waals surface area contributed by atoms with E-state index in [4.69, 9.17) is 0 Å². The first-order valence-corrected chi connectivity index (χ1v) is 7.33. The summed E-state index contributed by atoms with van der Waals surface area (Å²) in [5.41, 5.74) is 3.17. The number of benzene rings is 2. The minimum absolute atomic E-state index is 0. The topological polar surface area (TPSA) is 80.3 Å². The predicted molar refractivity (Wildman–Crippen MR) is 83.1 cm³/mol. The van der Waals surface area contributed by atoms with E-state index in [1.807, 2.05) is 24.3 Å². The van der Waals surface area contributed by atoms with E-state index in [9.17, 15) is 19.8 Å². The van der Waals surface area contributed by atoms with Gasteiger partial charge in [0.2, 0.25) is 0 Å². The predicted octanol–water partition coefficient (Wildman–Crippen LogP) is -5.22. The van der Waals surface area contributed by atoms with Gasteiger partial charge in [-0.25, -0.2) is 0 Å². The first kappa shape index (κ1) is 22.2. The van der Waals surface area contributed by atoms with E-state index in [1.165, 1.54) is 29.5 Å². The van der Waals surface area contributed by atoms with Crippen molar-refractivity contribution < 1.29 is 78.9 Å². The van der Waals surface area contributed by atoms with Crippen LogP contribution in [-0.2, 0) is 22.4 Å². The molecule has 0 aromatic heterocycles. The molecule has 0 fully saturated rings. The summed E-state index contributed by atoms with van der Waals surface area (Å²) in [6.45, 7) is 1.41. The second-order valence-electron chi connectivity index (χ2n) is 5.65. The van der Waals surface area contributed by atoms with Gasteiger partial charge in [0.15, 0.2) is 0 Å². The van der Waals surface area contributed by atoms with E-state index in [2.05, 4.69) is 6.07 Å². The van der Waals surface area contributed by atoms with Gasteiger partial charge >= 0.3 is 59.1 Å². The molecule has 1 aliphatic carbocycles. The van der Waals surface area contributed by atoms with Crippen molar-refractivity contribution in [2.24, 2.45) is 0 Å². The minimum atomic E-state index is -1.44. The average molecular weight is 352 g/mol. The SMILES string of the molecule is CC(=C/C(=O)[O-])/C(=C/c1ccc2c3c(cccc13)CC2)C(=O)[O-].[Na+].[Na+]. The van der Waals surface area contributed by atoms with Crippen LogP contribution in [0.3, 0.4) is 0 Å². The maximum Gasteiger partial charge on any atom is 1.00 e. The standard InChI is InChI=1S/C19H16O4.2Na/c1-11(9-17(20)21)16(19(22)23)10-14-8-7-13-6-5-12-3-2-4-15(14)18(12)13;;/h2-4,7-10H,5-6H2,1H3,(H,20,21)(H,22,23);;/q;2*+1/p-2/b11-9-,16-10-;;. The van der Waals surface area contributed by atoms with Crippen LogP contribution in [0.5, 0.6) is 0 Å². The minimum Gasteiger partial charge on any atom is -0.545 e. The molecule has 0 spiro atoms. The third-order valence-corrected chi connectivity index (χ3v) is 4.19. The molecule has 3 rings (SSSR count). The summed E-state index contributed by atoms with van der Waals surface area (Å²) in [6.07, 6.45) is 4.20. The largest absolute Gasteiger partial charge is 1.00 e. The van der Waals surface area contributed by atoms with Gasteiger partial charge in [0.25, 0.3) is 0 Å². The Balaban J connectivity index is 0.00000156. The molecule has 4 nitrogen and oxygen atoms in total. The van der Waals surface area contributed by atoms with Crippen LogP contribution in [0.25, 0.3) is 16.8 Å².